The van der Waals surface area contributed by atoms with Crippen molar-refractivity contribution in [2.45, 2.75) is 70.9 Å². The van der Waals surface area contributed by atoms with Crippen LogP contribution < -0.4 is 22.4 Å². The fourth-order valence-corrected chi connectivity index (χ4v) is 6.00. The van der Waals surface area contributed by atoms with Crippen molar-refractivity contribution in [3.8, 4) is 17.2 Å². The molecule has 46 heavy (non-hydrogen) atoms. The largest absolute Gasteiger partial charge is 0.385 e. The standard InChI is InChI=1S/C25H35N7O2.C7H10N2.C3H8/c1-7-28-15(2)14-25(24(26)29-30-27)20-10-8-16(22(33)31(3)4)12-18(20)19-13-17(9-11-21(19)25)23(34)32(5)6;1-2-9-5-3-4-7(9)6-8;1-3-2/h8-13,15,28,30H,7,14,27H2,1-6H3,(H2,26,29);2,7H,1,3-5H2;3H2,1-2H3/t15-;;/m1../s1. The molecular formula is C35H53N9O2. The van der Waals surface area contributed by atoms with Gasteiger partial charge in [0.1, 0.15) is 11.9 Å². The van der Waals surface area contributed by atoms with Gasteiger partial charge in [-0.1, -0.05) is 45.9 Å². The number of benzene rings is 2. The Kier molecular flexibility index (Phi) is 14.2. The Morgan fingerprint density at radius 3 is 1.96 bits per heavy atom. The van der Waals surface area contributed by atoms with E-state index in [2.05, 4.69) is 56.3 Å². The smallest absolute Gasteiger partial charge is 0.253 e. The second kappa shape index (κ2) is 17.3. The molecule has 1 saturated heterocycles. The molecule has 1 aliphatic heterocycles. The first-order chi connectivity index (χ1) is 21.9. The highest BCUT2D eigenvalue weighted by Crippen LogP contribution is 2.52. The Morgan fingerprint density at radius 1 is 1.09 bits per heavy atom. The molecule has 11 heteroatoms. The normalized spacial score (nSPS) is 16.3. The first kappa shape index (κ1) is 37.8. The number of hydrogen-bond donors (Lipinski definition) is 4. The molecule has 0 spiro atoms. The van der Waals surface area contributed by atoms with Crippen molar-refractivity contribution in [1.29, 1.82) is 5.26 Å². The van der Waals surface area contributed by atoms with Gasteiger partial charge in [0, 0.05) is 51.9 Å². The quantitative estimate of drug-likeness (QED) is 0.140. The minimum Gasteiger partial charge on any atom is -0.385 e. The number of amidine groups is 1. The summed E-state index contributed by atoms with van der Waals surface area (Å²) in [4.78, 5) is 30.6. The Morgan fingerprint density at radius 2 is 1.59 bits per heavy atom. The van der Waals surface area contributed by atoms with Crippen LogP contribution in [0, 0.1) is 11.3 Å². The Hall–Kier alpha value is -4.40. The number of nitrogens with one attached hydrogen (secondary N) is 2. The minimum atomic E-state index is -0.794. The third kappa shape index (κ3) is 8.24. The molecule has 1 fully saturated rings. The van der Waals surface area contributed by atoms with Gasteiger partial charge < -0.3 is 25.8 Å². The lowest BCUT2D eigenvalue weighted by atomic mass is 9.72. The zero-order valence-electron chi connectivity index (χ0n) is 28.9. The van der Waals surface area contributed by atoms with Crippen molar-refractivity contribution in [2.24, 2.45) is 16.7 Å². The van der Waals surface area contributed by atoms with Crippen molar-refractivity contribution in [3.63, 3.8) is 0 Å². The number of hydrogen-bond acceptors (Lipinski definition) is 8. The monoisotopic (exact) mass is 631 g/mol. The van der Waals surface area contributed by atoms with Gasteiger partial charge in [0.2, 0.25) is 0 Å². The van der Waals surface area contributed by atoms with Crippen molar-refractivity contribution in [2.75, 3.05) is 41.3 Å². The van der Waals surface area contributed by atoms with Gasteiger partial charge in [0.25, 0.3) is 11.8 Å². The first-order valence-corrected chi connectivity index (χ1v) is 15.9. The van der Waals surface area contributed by atoms with Crippen LogP contribution in [0.1, 0.15) is 85.2 Å². The molecule has 0 radical (unpaired) electrons. The summed E-state index contributed by atoms with van der Waals surface area (Å²) in [5, 5.41) is 16.2. The van der Waals surface area contributed by atoms with Crippen LogP contribution in [0.25, 0.3) is 11.1 Å². The van der Waals surface area contributed by atoms with E-state index in [-0.39, 0.29) is 23.9 Å². The van der Waals surface area contributed by atoms with E-state index < -0.39 is 5.41 Å². The molecule has 2 amide bonds. The van der Waals surface area contributed by atoms with E-state index in [0.29, 0.717) is 23.4 Å². The Bertz CT molecular complexity index is 1360. The average molecular weight is 632 g/mol. The summed E-state index contributed by atoms with van der Waals surface area (Å²) in [6.45, 7) is 13.8. The Labute approximate surface area is 275 Å². The highest BCUT2D eigenvalue weighted by Gasteiger charge is 2.48. The van der Waals surface area contributed by atoms with Crippen LogP contribution in [0.4, 0.5) is 0 Å². The SMILES string of the molecule is C=CN1CCCC1C#N.CCC.CCN[C@H](C)CC1(/C(N)=N/NN)c2ccc(C(=O)N(C)C)cc2-c2cc(C(=O)N(C)C)ccc21. The van der Waals surface area contributed by atoms with Crippen LogP contribution in [0.3, 0.4) is 0 Å². The van der Waals surface area contributed by atoms with Crippen LogP contribution in [-0.4, -0.2) is 85.7 Å². The molecule has 2 aromatic rings. The zero-order chi connectivity index (χ0) is 34.6. The third-order valence-corrected chi connectivity index (χ3v) is 8.02. The fraction of sp³-hybridized carbons (Fsp3) is 0.486. The molecule has 2 aliphatic rings. The van der Waals surface area contributed by atoms with Crippen LogP contribution in [-0.2, 0) is 5.41 Å². The van der Waals surface area contributed by atoms with Crippen molar-refractivity contribution < 1.29 is 9.59 Å². The summed E-state index contributed by atoms with van der Waals surface area (Å²) < 4.78 is 0. The van der Waals surface area contributed by atoms with E-state index in [9.17, 15) is 9.59 Å². The lowest BCUT2D eigenvalue weighted by Crippen LogP contribution is -2.47. The molecule has 1 heterocycles. The summed E-state index contributed by atoms with van der Waals surface area (Å²) in [5.74, 6) is 5.66. The summed E-state index contributed by atoms with van der Waals surface area (Å²) >= 11 is 0. The second-order valence-corrected chi connectivity index (χ2v) is 12.0. The zero-order valence-corrected chi connectivity index (χ0v) is 28.9. The molecule has 1 aliphatic carbocycles. The summed E-state index contributed by atoms with van der Waals surface area (Å²) in [7, 11) is 6.88. The number of nitrogens with zero attached hydrogens (tertiary/aromatic N) is 5. The number of hydrazine groups is 1. The highest BCUT2D eigenvalue weighted by atomic mass is 16.2. The lowest BCUT2D eigenvalue weighted by molar-refractivity contribution is 0.0820. The first-order valence-electron chi connectivity index (χ1n) is 15.9. The molecule has 6 N–H and O–H groups in total. The maximum Gasteiger partial charge on any atom is 0.253 e. The van der Waals surface area contributed by atoms with Crippen molar-refractivity contribution in [3.05, 3.63) is 71.4 Å². The van der Waals surface area contributed by atoms with Gasteiger partial charge in [-0.25, -0.2) is 11.4 Å². The number of nitriles is 1. The van der Waals surface area contributed by atoms with Crippen molar-refractivity contribution in [1.82, 2.24) is 25.6 Å². The maximum absolute atomic E-state index is 12.8. The Balaban J connectivity index is 0.000000515. The predicted octanol–water partition coefficient (Wildman–Crippen LogP) is 4.01. The average Bonchev–Trinajstić information content (AvgIpc) is 3.61. The van der Waals surface area contributed by atoms with Crippen molar-refractivity contribution >= 4 is 17.6 Å². The predicted molar refractivity (Wildman–Crippen MR) is 187 cm³/mol. The van der Waals surface area contributed by atoms with Crippen LogP contribution in [0.15, 0.2) is 54.3 Å². The molecule has 0 aromatic heterocycles. The number of amides is 2. The van der Waals surface area contributed by atoms with Gasteiger partial charge in [0.15, 0.2) is 0 Å². The third-order valence-electron chi connectivity index (χ3n) is 8.02. The van der Waals surface area contributed by atoms with Crippen LogP contribution in [0.5, 0.6) is 0 Å². The van der Waals surface area contributed by atoms with E-state index in [4.69, 9.17) is 16.8 Å². The molecule has 11 nitrogen and oxygen atoms in total. The van der Waals surface area contributed by atoms with Crippen LogP contribution in [0.2, 0.25) is 0 Å². The number of fused-ring (bicyclic) bond motifs is 3. The minimum absolute atomic E-state index is 0.0986. The van der Waals surface area contributed by atoms with Gasteiger partial charge >= 0.3 is 0 Å². The number of hydrazone groups is 1. The number of rotatable bonds is 9. The van der Waals surface area contributed by atoms with E-state index in [1.807, 2.05) is 41.3 Å². The fourth-order valence-electron chi connectivity index (χ4n) is 6.00. The van der Waals surface area contributed by atoms with Gasteiger partial charge in [-0.05, 0) is 85.5 Å². The van der Waals surface area contributed by atoms with Gasteiger partial charge in [-0.2, -0.15) is 10.4 Å². The highest BCUT2D eigenvalue weighted by molar-refractivity contribution is 6.06. The maximum atomic E-state index is 12.8. The lowest BCUT2D eigenvalue weighted by Gasteiger charge is -2.34. The summed E-state index contributed by atoms with van der Waals surface area (Å²) in [5.41, 5.74) is 12.8. The number of nitrogens with two attached hydrogens (primary N) is 2. The molecule has 0 saturated carbocycles. The van der Waals surface area contributed by atoms with E-state index in [0.717, 1.165) is 48.2 Å². The molecule has 2 atom stereocenters. The van der Waals surface area contributed by atoms with Gasteiger partial charge in [-0.3, -0.25) is 9.59 Å². The number of likely N-dealkylation sites (tertiary alicyclic amines) is 1. The summed E-state index contributed by atoms with van der Waals surface area (Å²) in [6.07, 6.45) is 5.74. The number of carbonyl (C=O) groups is 2. The van der Waals surface area contributed by atoms with E-state index in [1.165, 1.54) is 16.2 Å². The molecule has 250 valence electrons. The van der Waals surface area contributed by atoms with Crippen LogP contribution >= 0.6 is 0 Å². The molecule has 4 rings (SSSR count). The van der Waals surface area contributed by atoms with Gasteiger partial charge in [0.05, 0.1) is 11.5 Å². The van der Waals surface area contributed by atoms with Gasteiger partial charge in [-0.15, -0.1) is 0 Å². The van der Waals surface area contributed by atoms with E-state index in [1.54, 1.807) is 34.4 Å². The molecule has 1 unspecified atom stereocenters. The molecular weight excluding hydrogens is 578 g/mol. The molecule has 0 bridgehead atoms. The molecule has 2 aromatic carbocycles. The second-order valence-electron chi connectivity index (χ2n) is 12.0. The topological polar surface area (TPSA) is 156 Å². The van der Waals surface area contributed by atoms with E-state index >= 15 is 0 Å². The summed E-state index contributed by atoms with van der Waals surface area (Å²) in [6, 6.07) is 13.7. The number of carbonyl (C=O) groups excluding carboxylic acids is 2.